The summed E-state index contributed by atoms with van der Waals surface area (Å²) in [5.41, 5.74) is 0. The molecule has 1 aliphatic rings. The van der Waals surface area contributed by atoms with Gasteiger partial charge >= 0.3 is 0 Å². The van der Waals surface area contributed by atoms with Gasteiger partial charge in [-0.05, 0) is 38.8 Å². The van der Waals surface area contributed by atoms with Gasteiger partial charge in [-0.2, -0.15) is 4.31 Å². The number of sulfonamides is 1. The highest BCUT2D eigenvalue weighted by Crippen LogP contribution is 2.23. The van der Waals surface area contributed by atoms with Crippen molar-refractivity contribution < 1.29 is 8.42 Å². The molecule has 6 nitrogen and oxygen atoms in total. The molecular formula is C14H26N4O2S. The third-order valence-corrected chi connectivity index (χ3v) is 5.95. The van der Waals surface area contributed by atoms with Crippen molar-refractivity contribution in [2.75, 3.05) is 33.2 Å². The maximum absolute atomic E-state index is 12.4. The smallest absolute Gasteiger partial charge is 0.260 e. The number of H-pyrrole nitrogens is 1. The van der Waals surface area contributed by atoms with Crippen LogP contribution in [0.2, 0.25) is 0 Å². The minimum absolute atomic E-state index is 0.195. The third kappa shape index (κ3) is 4.28. The highest BCUT2D eigenvalue weighted by atomic mass is 32.2. The molecule has 0 atom stereocenters. The molecule has 0 unspecified atom stereocenters. The molecule has 1 aromatic heterocycles. The fourth-order valence-electron chi connectivity index (χ4n) is 2.82. The van der Waals surface area contributed by atoms with E-state index < -0.39 is 10.0 Å². The van der Waals surface area contributed by atoms with Gasteiger partial charge in [0.2, 0.25) is 0 Å². The summed E-state index contributed by atoms with van der Waals surface area (Å²) in [6.45, 7) is 5.61. The molecule has 2 rings (SSSR count). The predicted molar refractivity (Wildman–Crippen MR) is 82.5 cm³/mol. The van der Waals surface area contributed by atoms with Gasteiger partial charge in [0.05, 0.1) is 12.5 Å². The minimum Gasteiger partial charge on any atom is -0.335 e. The zero-order chi connectivity index (χ0) is 15.3. The number of unbranched alkanes of at least 4 members (excludes halogenated alkanes) is 1. The summed E-state index contributed by atoms with van der Waals surface area (Å²) in [6.07, 6.45) is 7.09. The first-order valence-corrected chi connectivity index (χ1v) is 9.15. The molecule has 0 radical (unpaired) electrons. The van der Waals surface area contributed by atoms with Crippen LogP contribution in [-0.2, 0) is 10.0 Å². The molecule has 1 aromatic rings. The number of piperidine rings is 1. The largest absolute Gasteiger partial charge is 0.335 e. The maximum atomic E-state index is 12.4. The number of imidazole rings is 1. The summed E-state index contributed by atoms with van der Waals surface area (Å²) >= 11 is 0. The van der Waals surface area contributed by atoms with E-state index in [0.29, 0.717) is 19.0 Å². The van der Waals surface area contributed by atoms with Crippen LogP contribution in [0.25, 0.3) is 0 Å². The summed E-state index contributed by atoms with van der Waals surface area (Å²) in [4.78, 5) is 8.86. The number of nitrogens with zero attached hydrogens (tertiary/aromatic N) is 3. The Labute approximate surface area is 127 Å². The zero-order valence-corrected chi connectivity index (χ0v) is 13.8. The van der Waals surface area contributed by atoms with Crippen molar-refractivity contribution in [1.82, 2.24) is 19.2 Å². The molecule has 120 valence electrons. The Morgan fingerprint density at radius 2 is 2.14 bits per heavy atom. The van der Waals surface area contributed by atoms with E-state index in [9.17, 15) is 8.42 Å². The molecule has 2 heterocycles. The van der Waals surface area contributed by atoms with Crippen LogP contribution in [0.15, 0.2) is 17.6 Å². The Balaban J connectivity index is 1.83. The molecule has 7 heteroatoms. The molecule has 0 bridgehead atoms. The Bertz CT molecular complexity index is 507. The molecule has 1 fully saturated rings. The van der Waals surface area contributed by atoms with Gasteiger partial charge in [0.25, 0.3) is 10.0 Å². The topological polar surface area (TPSA) is 69.3 Å². The van der Waals surface area contributed by atoms with Crippen LogP contribution in [0.4, 0.5) is 0 Å². The Kier molecular flexibility index (Phi) is 5.78. The van der Waals surface area contributed by atoms with Crippen LogP contribution >= 0.6 is 0 Å². The molecule has 0 aliphatic carbocycles. The van der Waals surface area contributed by atoms with Crippen molar-refractivity contribution >= 4 is 10.0 Å². The van der Waals surface area contributed by atoms with E-state index in [1.807, 2.05) is 0 Å². The molecule has 21 heavy (non-hydrogen) atoms. The van der Waals surface area contributed by atoms with Crippen LogP contribution in [0.3, 0.4) is 0 Å². The second-order valence-electron chi connectivity index (χ2n) is 5.88. The van der Waals surface area contributed by atoms with Gasteiger partial charge in [-0.3, -0.25) is 0 Å². The fraction of sp³-hybridized carbons (Fsp3) is 0.786. The lowest BCUT2D eigenvalue weighted by molar-refractivity contribution is 0.204. The van der Waals surface area contributed by atoms with Crippen molar-refractivity contribution in [2.24, 2.45) is 5.92 Å². The van der Waals surface area contributed by atoms with E-state index >= 15 is 0 Å². The molecule has 1 saturated heterocycles. The number of hydrogen-bond donors (Lipinski definition) is 1. The number of hydrogen-bond acceptors (Lipinski definition) is 4. The minimum atomic E-state index is -3.38. The van der Waals surface area contributed by atoms with E-state index in [4.69, 9.17) is 0 Å². The zero-order valence-electron chi connectivity index (χ0n) is 13.0. The van der Waals surface area contributed by atoms with Crippen LogP contribution in [0.1, 0.15) is 32.6 Å². The molecule has 0 amide bonds. The van der Waals surface area contributed by atoms with E-state index in [0.717, 1.165) is 25.9 Å². The van der Waals surface area contributed by atoms with Crippen LogP contribution in [-0.4, -0.2) is 60.8 Å². The first-order valence-electron chi connectivity index (χ1n) is 7.71. The molecular weight excluding hydrogens is 288 g/mol. The first-order chi connectivity index (χ1) is 10.0. The van der Waals surface area contributed by atoms with E-state index in [1.165, 1.54) is 25.4 Å². The lowest BCUT2D eigenvalue weighted by atomic mass is 9.97. The summed E-state index contributed by atoms with van der Waals surface area (Å²) in [7, 11) is -1.23. The Morgan fingerprint density at radius 3 is 2.71 bits per heavy atom. The third-order valence-electron chi connectivity index (χ3n) is 4.13. The Morgan fingerprint density at radius 1 is 1.43 bits per heavy atom. The highest BCUT2D eigenvalue weighted by molar-refractivity contribution is 7.89. The maximum Gasteiger partial charge on any atom is 0.260 e. The summed E-state index contributed by atoms with van der Waals surface area (Å²) < 4.78 is 26.3. The van der Waals surface area contributed by atoms with Gasteiger partial charge in [-0.1, -0.05) is 13.3 Å². The summed E-state index contributed by atoms with van der Waals surface area (Å²) in [5.74, 6) is 0.597. The average Bonchev–Trinajstić information content (AvgIpc) is 3.00. The first kappa shape index (κ1) is 16.5. The van der Waals surface area contributed by atoms with Crippen molar-refractivity contribution in [3.63, 3.8) is 0 Å². The van der Waals surface area contributed by atoms with Crippen molar-refractivity contribution in [1.29, 1.82) is 0 Å². The second-order valence-corrected chi connectivity index (χ2v) is 7.79. The van der Waals surface area contributed by atoms with Gasteiger partial charge in [0.15, 0.2) is 5.03 Å². The van der Waals surface area contributed by atoms with Crippen LogP contribution < -0.4 is 0 Å². The van der Waals surface area contributed by atoms with Gasteiger partial charge in [-0.15, -0.1) is 0 Å². The quantitative estimate of drug-likeness (QED) is 0.829. The van der Waals surface area contributed by atoms with Crippen LogP contribution in [0.5, 0.6) is 0 Å². The average molecular weight is 314 g/mol. The van der Waals surface area contributed by atoms with Gasteiger partial charge < -0.3 is 9.88 Å². The number of aromatic nitrogens is 2. The molecule has 0 spiro atoms. The Hall–Kier alpha value is -0.920. The SMILES string of the molecule is CCCCN(C)CC1CCN(S(=O)(=O)c2cnc[nH]2)CC1. The lowest BCUT2D eigenvalue weighted by Crippen LogP contribution is -2.41. The summed E-state index contributed by atoms with van der Waals surface area (Å²) in [5, 5.41) is 0.195. The highest BCUT2D eigenvalue weighted by Gasteiger charge is 2.30. The van der Waals surface area contributed by atoms with Gasteiger partial charge in [-0.25, -0.2) is 13.4 Å². The standard InChI is InChI=1S/C14H26N4O2S/c1-3-4-7-17(2)11-13-5-8-18(9-6-13)21(19,20)14-10-15-12-16-14/h10,12-13H,3-9,11H2,1-2H3,(H,15,16). The van der Waals surface area contributed by atoms with E-state index in [-0.39, 0.29) is 5.03 Å². The number of aromatic amines is 1. The van der Waals surface area contributed by atoms with Crippen molar-refractivity contribution in [3.8, 4) is 0 Å². The molecule has 0 saturated carbocycles. The number of rotatable bonds is 7. The lowest BCUT2D eigenvalue weighted by Gasteiger charge is -2.32. The van der Waals surface area contributed by atoms with Crippen LogP contribution in [0, 0.1) is 5.92 Å². The predicted octanol–water partition coefficient (Wildman–Crippen LogP) is 1.54. The van der Waals surface area contributed by atoms with Gasteiger partial charge in [0.1, 0.15) is 0 Å². The fourth-order valence-corrected chi connectivity index (χ4v) is 4.18. The molecule has 1 aliphatic heterocycles. The van der Waals surface area contributed by atoms with Crippen molar-refractivity contribution in [3.05, 3.63) is 12.5 Å². The summed E-state index contributed by atoms with van der Waals surface area (Å²) in [6, 6.07) is 0. The van der Waals surface area contributed by atoms with E-state index in [2.05, 4.69) is 28.8 Å². The van der Waals surface area contributed by atoms with Crippen molar-refractivity contribution in [2.45, 2.75) is 37.6 Å². The normalized spacial score (nSPS) is 18.4. The van der Waals surface area contributed by atoms with Gasteiger partial charge in [0, 0.05) is 19.6 Å². The monoisotopic (exact) mass is 314 g/mol. The molecule has 1 N–H and O–H groups in total. The van der Waals surface area contributed by atoms with E-state index in [1.54, 1.807) is 4.31 Å². The molecule has 0 aromatic carbocycles. The number of nitrogens with one attached hydrogen (secondary N) is 1. The second kappa shape index (κ2) is 7.38.